The minimum Gasteiger partial charge on any atom is -0.466 e. The Morgan fingerprint density at radius 3 is 2.44 bits per heavy atom. The van der Waals surface area contributed by atoms with Crippen molar-refractivity contribution >= 4 is 23.8 Å². The molecule has 14 heteroatoms. The van der Waals surface area contributed by atoms with E-state index in [4.69, 9.17) is 18.9 Å². The molecule has 0 aliphatic carbocycles. The quantitative estimate of drug-likeness (QED) is 0.245. The lowest BCUT2D eigenvalue weighted by Gasteiger charge is -2.19. The number of amides is 1. The van der Waals surface area contributed by atoms with E-state index in [-0.39, 0.29) is 19.8 Å². The van der Waals surface area contributed by atoms with Gasteiger partial charge in [0.25, 0.3) is 11.5 Å². The van der Waals surface area contributed by atoms with Crippen LogP contribution in [0.4, 0.5) is 0 Å². The van der Waals surface area contributed by atoms with Crippen LogP contribution in [0.3, 0.4) is 0 Å². The average molecular weight is 485 g/mol. The van der Waals surface area contributed by atoms with Crippen LogP contribution >= 0.6 is 0 Å². The molecule has 188 valence electrons. The maximum Gasteiger partial charge on any atom is 0.329 e. The van der Waals surface area contributed by atoms with Crippen LogP contribution in [0.25, 0.3) is 0 Å². The molecule has 0 saturated carbocycles. The van der Waals surface area contributed by atoms with Gasteiger partial charge in [-0.2, -0.15) is 0 Å². The van der Waals surface area contributed by atoms with Gasteiger partial charge < -0.3 is 34.5 Å². The number of carbonyl (C=O) groups is 4. The van der Waals surface area contributed by atoms with E-state index in [0.717, 1.165) is 23.9 Å². The molecular weight excluding hydrogens is 458 g/mol. The highest BCUT2D eigenvalue weighted by Crippen LogP contribution is 2.28. The fourth-order valence-electron chi connectivity index (χ4n) is 3.13. The molecule has 2 rings (SSSR count). The first-order chi connectivity index (χ1) is 16.1. The molecule has 5 atom stereocenters. The van der Waals surface area contributed by atoms with Crippen LogP contribution in [-0.4, -0.2) is 87.8 Å². The first-order valence-electron chi connectivity index (χ1n) is 10.5. The van der Waals surface area contributed by atoms with Crippen LogP contribution in [0.15, 0.2) is 17.2 Å². The van der Waals surface area contributed by atoms with Gasteiger partial charge in [-0.15, -0.1) is 0 Å². The van der Waals surface area contributed by atoms with Crippen LogP contribution in [0, 0.1) is 0 Å². The lowest BCUT2D eigenvalue weighted by atomic mass is 10.1. The SMILES string of the molecule is CCOC(=O)C[C@@H](NC(=O)c1nccn([C@@H]2O[C@H](COC(C)=O)[C@@H](O)[C@H]2O)c1=O)C(=O)OCC. The molecule has 1 saturated heterocycles. The Kier molecular flexibility index (Phi) is 9.65. The van der Waals surface area contributed by atoms with Crippen LogP contribution in [0.2, 0.25) is 0 Å². The molecule has 1 aliphatic heterocycles. The van der Waals surface area contributed by atoms with E-state index < -0.39 is 72.1 Å². The Bertz CT molecular complexity index is 963. The summed E-state index contributed by atoms with van der Waals surface area (Å²) in [6.45, 7) is 3.93. The summed E-state index contributed by atoms with van der Waals surface area (Å²) in [6, 6.07) is -1.44. The van der Waals surface area contributed by atoms with E-state index in [1.54, 1.807) is 6.92 Å². The van der Waals surface area contributed by atoms with Crippen molar-refractivity contribution in [2.75, 3.05) is 19.8 Å². The number of esters is 3. The lowest BCUT2D eigenvalue weighted by Crippen LogP contribution is -2.46. The second-order valence-corrected chi connectivity index (χ2v) is 7.12. The first-order valence-corrected chi connectivity index (χ1v) is 10.5. The highest BCUT2D eigenvalue weighted by molar-refractivity contribution is 5.96. The molecule has 14 nitrogen and oxygen atoms in total. The van der Waals surface area contributed by atoms with E-state index in [1.165, 1.54) is 6.92 Å². The summed E-state index contributed by atoms with van der Waals surface area (Å²) < 4.78 is 20.7. The average Bonchev–Trinajstić information content (AvgIpc) is 3.06. The molecule has 0 spiro atoms. The molecule has 0 unspecified atom stereocenters. The summed E-state index contributed by atoms with van der Waals surface area (Å²) in [5.74, 6) is -3.40. The minimum atomic E-state index is -1.59. The smallest absolute Gasteiger partial charge is 0.329 e. The third-order valence-electron chi connectivity index (χ3n) is 4.70. The predicted octanol–water partition coefficient (Wildman–Crippen LogP) is -1.96. The van der Waals surface area contributed by atoms with Crippen molar-refractivity contribution in [3.8, 4) is 0 Å². The van der Waals surface area contributed by atoms with Gasteiger partial charge >= 0.3 is 17.9 Å². The van der Waals surface area contributed by atoms with Gasteiger partial charge in [0.05, 0.1) is 19.6 Å². The van der Waals surface area contributed by atoms with Crippen LogP contribution in [0.5, 0.6) is 0 Å². The Hall–Kier alpha value is -3.36. The van der Waals surface area contributed by atoms with Gasteiger partial charge in [-0.3, -0.25) is 23.7 Å². The highest BCUT2D eigenvalue weighted by Gasteiger charge is 2.45. The number of nitrogens with one attached hydrogen (secondary N) is 1. The highest BCUT2D eigenvalue weighted by atomic mass is 16.6. The zero-order chi connectivity index (χ0) is 25.4. The van der Waals surface area contributed by atoms with Crippen molar-refractivity contribution in [2.24, 2.45) is 0 Å². The van der Waals surface area contributed by atoms with Gasteiger partial charge in [0, 0.05) is 19.3 Å². The fraction of sp³-hybridized carbons (Fsp3) is 0.600. The molecule has 3 N–H and O–H groups in total. The van der Waals surface area contributed by atoms with Crippen LogP contribution < -0.4 is 10.9 Å². The number of aromatic nitrogens is 2. The van der Waals surface area contributed by atoms with Gasteiger partial charge in [0.1, 0.15) is 31.0 Å². The molecule has 1 amide bonds. The summed E-state index contributed by atoms with van der Waals surface area (Å²) in [4.78, 5) is 64.3. The Labute approximate surface area is 193 Å². The van der Waals surface area contributed by atoms with Gasteiger partial charge in [-0.05, 0) is 13.8 Å². The summed E-state index contributed by atoms with van der Waals surface area (Å²) in [5.41, 5.74) is -1.68. The Morgan fingerprint density at radius 2 is 1.82 bits per heavy atom. The zero-order valence-corrected chi connectivity index (χ0v) is 18.8. The van der Waals surface area contributed by atoms with E-state index >= 15 is 0 Å². The maximum absolute atomic E-state index is 12.9. The molecule has 0 aromatic carbocycles. The lowest BCUT2D eigenvalue weighted by molar-refractivity contribution is -0.152. The standard InChI is InChI=1S/C20H27N3O11/c1-4-31-13(25)8-11(20(30)32-5-2)22-17(28)14-18(29)23(7-6-21-14)19-16(27)15(26)12(34-19)9-33-10(3)24/h6-7,11-12,15-16,19,26-27H,4-5,8-9H2,1-3H3,(H,22,28)/t11-,12-,15-,16-,19-/m1/s1. The number of aliphatic hydroxyl groups excluding tert-OH is 2. The molecular formula is C20H27N3O11. The number of rotatable bonds is 10. The van der Waals surface area contributed by atoms with Gasteiger partial charge in [0.15, 0.2) is 11.9 Å². The van der Waals surface area contributed by atoms with E-state index in [0.29, 0.717) is 0 Å². The fourth-order valence-corrected chi connectivity index (χ4v) is 3.13. The monoisotopic (exact) mass is 485 g/mol. The van der Waals surface area contributed by atoms with E-state index in [9.17, 15) is 34.2 Å². The van der Waals surface area contributed by atoms with Crippen molar-refractivity contribution in [1.29, 1.82) is 0 Å². The number of aliphatic hydroxyl groups is 2. The van der Waals surface area contributed by atoms with Gasteiger partial charge in [-0.25, -0.2) is 9.78 Å². The van der Waals surface area contributed by atoms with Gasteiger partial charge in [-0.1, -0.05) is 0 Å². The number of ether oxygens (including phenoxy) is 4. The molecule has 2 heterocycles. The number of hydrogen-bond donors (Lipinski definition) is 3. The van der Waals surface area contributed by atoms with E-state index in [1.807, 2.05) is 0 Å². The van der Waals surface area contributed by atoms with Crippen LogP contribution in [-0.2, 0) is 33.3 Å². The number of hydrogen-bond acceptors (Lipinski definition) is 12. The van der Waals surface area contributed by atoms with E-state index in [2.05, 4.69) is 10.3 Å². The van der Waals surface area contributed by atoms with Crippen molar-refractivity contribution in [3.63, 3.8) is 0 Å². The largest absolute Gasteiger partial charge is 0.466 e. The van der Waals surface area contributed by atoms with Crippen molar-refractivity contribution in [1.82, 2.24) is 14.9 Å². The number of nitrogens with zero attached hydrogens (tertiary/aromatic N) is 2. The summed E-state index contributed by atoms with van der Waals surface area (Å²) in [5, 5.41) is 22.7. The minimum absolute atomic E-state index is 0.0157. The third kappa shape index (κ3) is 6.59. The third-order valence-corrected chi connectivity index (χ3v) is 4.70. The second kappa shape index (κ2) is 12.2. The zero-order valence-electron chi connectivity index (χ0n) is 18.8. The van der Waals surface area contributed by atoms with Crippen molar-refractivity contribution in [3.05, 3.63) is 28.4 Å². The topological polar surface area (TPSA) is 193 Å². The summed E-state index contributed by atoms with van der Waals surface area (Å²) in [6.07, 6.45) is -3.96. The van der Waals surface area contributed by atoms with Gasteiger partial charge in [0.2, 0.25) is 0 Å². The Morgan fingerprint density at radius 1 is 1.15 bits per heavy atom. The Balaban J connectivity index is 2.24. The summed E-state index contributed by atoms with van der Waals surface area (Å²) in [7, 11) is 0. The first kappa shape index (κ1) is 26.9. The molecule has 1 aliphatic rings. The predicted molar refractivity (Wildman–Crippen MR) is 110 cm³/mol. The molecule has 0 bridgehead atoms. The molecule has 34 heavy (non-hydrogen) atoms. The van der Waals surface area contributed by atoms with Crippen molar-refractivity contribution < 1.29 is 48.3 Å². The molecule has 0 radical (unpaired) electrons. The maximum atomic E-state index is 12.9. The molecule has 1 fully saturated rings. The van der Waals surface area contributed by atoms with Crippen molar-refractivity contribution in [2.45, 2.75) is 57.8 Å². The summed E-state index contributed by atoms with van der Waals surface area (Å²) >= 11 is 0. The molecule has 1 aromatic heterocycles. The normalized spacial score (nSPS) is 22.5. The van der Waals surface area contributed by atoms with Crippen LogP contribution in [0.1, 0.15) is 43.9 Å². The second-order valence-electron chi connectivity index (χ2n) is 7.12. The number of carbonyl (C=O) groups excluding carboxylic acids is 4. The molecule has 1 aromatic rings.